The molecule has 0 aromatic heterocycles. The van der Waals surface area contributed by atoms with E-state index in [1.807, 2.05) is 0 Å². The van der Waals surface area contributed by atoms with Crippen molar-refractivity contribution in [1.82, 2.24) is 4.90 Å². The zero-order chi connectivity index (χ0) is 11.7. The third-order valence-electron chi connectivity index (χ3n) is 3.30. The highest BCUT2D eigenvalue weighted by molar-refractivity contribution is 6.57. The minimum atomic E-state index is -0.541. The average molecular weight is 219 g/mol. The molecule has 0 aromatic rings. The van der Waals surface area contributed by atoms with Crippen LogP contribution in [-0.4, -0.2) is 43.7 Å². The van der Waals surface area contributed by atoms with Gasteiger partial charge in [0.25, 0.3) is 0 Å². The van der Waals surface area contributed by atoms with E-state index < -0.39 is 11.8 Å². The van der Waals surface area contributed by atoms with Crippen molar-refractivity contribution in [2.45, 2.75) is 19.4 Å². The van der Waals surface area contributed by atoms with E-state index in [1.165, 1.54) is 4.90 Å². The Morgan fingerprint density at radius 3 is 2.94 bits per heavy atom. The number of carbonyl (C=O) groups is 2. The van der Waals surface area contributed by atoms with Crippen LogP contribution in [0.4, 0.5) is 4.79 Å². The molecular formula is C11H14BNO3. The Hall–Kier alpha value is -1.26. The molecule has 1 aliphatic heterocycles. The zero-order valence-corrected chi connectivity index (χ0v) is 9.26. The summed E-state index contributed by atoms with van der Waals surface area (Å²) >= 11 is 0. The van der Waals surface area contributed by atoms with E-state index in [4.69, 9.17) is 12.6 Å². The van der Waals surface area contributed by atoms with Gasteiger partial charge < -0.3 is 9.64 Å². The van der Waals surface area contributed by atoms with Crippen LogP contribution in [-0.2, 0) is 9.53 Å². The molecule has 2 rings (SSSR count). The fraction of sp³-hybridized carbons (Fsp3) is 0.636. The minimum Gasteiger partial charge on any atom is -0.464 e. The van der Waals surface area contributed by atoms with Crippen LogP contribution in [0.5, 0.6) is 0 Å². The highest BCUT2D eigenvalue weighted by Gasteiger charge is 2.47. The predicted octanol–water partition coefficient (Wildman–Crippen LogP) is 0.715. The second kappa shape index (κ2) is 4.32. The number of likely N-dealkylation sites (tertiary alicyclic amines) is 1. The summed E-state index contributed by atoms with van der Waals surface area (Å²) in [4.78, 5) is 24.5. The summed E-state index contributed by atoms with van der Waals surface area (Å²) in [5.41, 5.74) is 0. The molecule has 0 bridgehead atoms. The standard InChI is InChI=1S/C11H14BNO3/c1-2-16-10(14)9-8-5-3-4-7(8)6-13(9)11(12)15/h3-4,7-9H,2,5-6H2,1H3/t7-,8-,9+/m0/s1. The lowest BCUT2D eigenvalue weighted by atomic mass is 9.93. The van der Waals surface area contributed by atoms with Crippen LogP contribution >= 0.6 is 0 Å². The molecule has 1 fully saturated rings. The molecule has 5 heteroatoms. The Bertz CT molecular complexity index is 342. The van der Waals surface area contributed by atoms with E-state index in [0.29, 0.717) is 13.2 Å². The van der Waals surface area contributed by atoms with Gasteiger partial charge in [-0.2, -0.15) is 0 Å². The fourth-order valence-electron chi connectivity index (χ4n) is 2.62. The second-order valence-corrected chi connectivity index (χ2v) is 4.18. The van der Waals surface area contributed by atoms with Gasteiger partial charge in [0.05, 0.1) is 6.61 Å². The monoisotopic (exact) mass is 219 g/mol. The topological polar surface area (TPSA) is 46.6 Å². The zero-order valence-electron chi connectivity index (χ0n) is 9.26. The van der Waals surface area contributed by atoms with Crippen molar-refractivity contribution in [3.8, 4) is 0 Å². The van der Waals surface area contributed by atoms with Crippen LogP contribution in [0.25, 0.3) is 0 Å². The van der Waals surface area contributed by atoms with Gasteiger partial charge >= 0.3 is 5.97 Å². The van der Waals surface area contributed by atoms with Crippen LogP contribution in [0.3, 0.4) is 0 Å². The van der Waals surface area contributed by atoms with E-state index >= 15 is 0 Å². The van der Waals surface area contributed by atoms with E-state index in [1.54, 1.807) is 6.92 Å². The van der Waals surface area contributed by atoms with Crippen molar-refractivity contribution in [3.05, 3.63) is 12.2 Å². The summed E-state index contributed by atoms with van der Waals surface area (Å²) in [7, 11) is 5.28. The molecule has 0 spiro atoms. The second-order valence-electron chi connectivity index (χ2n) is 4.18. The molecule has 4 nitrogen and oxygen atoms in total. The lowest BCUT2D eigenvalue weighted by Gasteiger charge is -2.25. The Morgan fingerprint density at radius 1 is 1.56 bits per heavy atom. The van der Waals surface area contributed by atoms with Crippen LogP contribution in [0, 0.1) is 11.8 Å². The Morgan fingerprint density at radius 2 is 2.31 bits per heavy atom. The van der Waals surface area contributed by atoms with Crippen LogP contribution in [0.2, 0.25) is 0 Å². The van der Waals surface area contributed by atoms with Gasteiger partial charge in [-0.15, -0.1) is 0 Å². The SMILES string of the molecule is [B]C(=O)N1C[C@@H]2C=CC[C@@H]2[C@@H]1C(=O)OCC. The largest absolute Gasteiger partial charge is 0.464 e. The number of esters is 1. The molecule has 0 N–H and O–H groups in total. The summed E-state index contributed by atoms with van der Waals surface area (Å²) in [5, 5.41) is 0. The number of amides is 1. The molecule has 2 aliphatic rings. The number of rotatable bonds is 2. The maximum absolute atomic E-state index is 11.8. The first-order valence-electron chi connectivity index (χ1n) is 5.54. The molecule has 1 amide bonds. The Balaban J connectivity index is 2.17. The maximum atomic E-state index is 11.8. The van der Waals surface area contributed by atoms with Gasteiger partial charge in [-0.05, 0) is 13.3 Å². The van der Waals surface area contributed by atoms with Crippen molar-refractivity contribution >= 4 is 19.6 Å². The maximum Gasteiger partial charge on any atom is 0.329 e. The molecule has 2 radical (unpaired) electrons. The van der Waals surface area contributed by atoms with E-state index in [-0.39, 0.29) is 17.8 Å². The van der Waals surface area contributed by atoms with E-state index in [0.717, 1.165) is 6.42 Å². The van der Waals surface area contributed by atoms with Gasteiger partial charge in [0.1, 0.15) is 6.04 Å². The van der Waals surface area contributed by atoms with Crippen molar-refractivity contribution in [2.75, 3.05) is 13.2 Å². The van der Waals surface area contributed by atoms with E-state index in [2.05, 4.69) is 12.2 Å². The quantitative estimate of drug-likeness (QED) is 0.390. The molecule has 0 unspecified atom stereocenters. The molecule has 1 saturated heterocycles. The number of allylic oxidation sites excluding steroid dienone is 1. The van der Waals surface area contributed by atoms with Gasteiger partial charge in [-0.3, -0.25) is 4.79 Å². The lowest BCUT2D eigenvalue weighted by Crippen LogP contribution is -2.43. The van der Waals surface area contributed by atoms with Crippen LogP contribution in [0.15, 0.2) is 12.2 Å². The molecule has 16 heavy (non-hydrogen) atoms. The molecule has 3 atom stereocenters. The first-order valence-corrected chi connectivity index (χ1v) is 5.54. The van der Waals surface area contributed by atoms with Crippen molar-refractivity contribution < 1.29 is 14.3 Å². The van der Waals surface area contributed by atoms with Gasteiger partial charge in [0.15, 0.2) is 5.81 Å². The summed E-state index contributed by atoms with van der Waals surface area (Å²) in [6.07, 6.45) is 4.93. The van der Waals surface area contributed by atoms with Gasteiger partial charge in [-0.1, -0.05) is 12.2 Å². The van der Waals surface area contributed by atoms with Crippen molar-refractivity contribution in [2.24, 2.45) is 11.8 Å². The highest BCUT2D eigenvalue weighted by Crippen LogP contribution is 2.38. The molecule has 1 heterocycles. The molecule has 0 aromatic carbocycles. The average Bonchev–Trinajstić information content (AvgIpc) is 2.75. The van der Waals surface area contributed by atoms with Crippen molar-refractivity contribution in [1.29, 1.82) is 0 Å². The van der Waals surface area contributed by atoms with Gasteiger partial charge in [0.2, 0.25) is 7.85 Å². The van der Waals surface area contributed by atoms with Gasteiger partial charge in [-0.25, -0.2) is 4.79 Å². The first kappa shape index (κ1) is 11.2. The van der Waals surface area contributed by atoms with Gasteiger partial charge in [0, 0.05) is 18.4 Å². The van der Waals surface area contributed by atoms with Crippen LogP contribution < -0.4 is 0 Å². The number of nitrogens with zero attached hydrogens (tertiary/aromatic N) is 1. The molecule has 1 aliphatic carbocycles. The Kier molecular flexibility index (Phi) is 3.03. The predicted molar refractivity (Wildman–Crippen MR) is 59.0 cm³/mol. The minimum absolute atomic E-state index is 0.145. The summed E-state index contributed by atoms with van der Waals surface area (Å²) in [6, 6.07) is -0.502. The number of fused-ring (bicyclic) bond motifs is 1. The molecule has 84 valence electrons. The normalized spacial score (nSPS) is 31.6. The summed E-state index contributed by atoms with van der Waals surface area (Å²) in [5.74, 6) is -0.480. The third kappa shape index (κ3) is 1.74. The smallest absolute Gasteiger partial charge is 0.329 e. The number of hydrogen-bond acceptors (Lipinski definition) is 3. The number of carbonyl (C=O) groups excluding carboxylic acids is 2. The summed E-state index contributed by atoms with van der Waals surface area (Å²) < 4.78 is 5.00. The molecule has 0 saturated carbocycles. The first-order chi connectivity index (χ1) is 7.65. The van der Waals surface area contributed by atoms with Crippen molar-refractivity contribution in [3.63, 3.8) is 0 Å². The number of ether oxygens (including phenoxy) is 1. The highest BCUT2D eigenvalue weighted by atomic mass is 16.5. The number of hydrogen-bond donors (Lipinski definition) is 0. The Labute approximate surface area is 96.0 Å². The lowest BCUT2D eigenvalue weighted by molar-refractivity contribution is -0.148. The fourth-order valence-corrected chi connectivity index (χ4v) is 2.62. The summed E-state index contributed by atoms with van der Waals surface area (Å²) in [6.45, 7) is 2.61. The van der Waals surface area contributed by atoms with Crippen LogP contribution in [0.1, 0.15) is 13.3 Å². The third-order valence-corrected chi connectivity index (χ3v) is 3.30. The van der Waals surface area contributed by atoms with E-state index in [9.17, 15) is 9.59 Å². The molecular weight excluding hydrogens is 205 g/mol.